The van der Waals surface area contributed by atoms with Gasteiger partial charge in [-0.1, -0.05) is 30.3 Å². The number of hydrogen-bond acceptors (Lipinski definition) is 5. The number of methoxy groups -OCH3 is 1. The zero-order chi connectivity index (χ0) is 22.9. The van der Waals surface area contributed by atoms with Crippen molar-refractivity contribution >= 4 is 39.2 Å². The molecule has 5 rings (SSSR count). The average Bonchev–Trinajstić information content (AvgIpc) is 3.20. The summed E-state index contributed by atoms with van der Waals surface area (Å²) in [6.07, 6.45) is 0. The van der Waals surface area contributed by atoms with E-state index >= 15 is 0 Å². The number of para-hydroxylation sites is 2. The van der Waals surface area contributed by atoms with Crippen LogP contribution >= 0.6 is 0 Å². The maximum atomic E-state index is 14.1. The smallest absolute Gasteiger partial charge is 0.241 e. The van der Waals surface area contributed by atoms with Crippen molar-refractivity contribution in [2.24, 2.45) is 0 Å². The van der Waals surface area contributed by atoms with E-state index in [1.54, 1.807) is 19.2 Å². The van der Waals surface area contributed by atoms with Gasteiger partial charge < -0.3 is 19.4 Å². The van der Waals surface area contributed by atoms with Crippen LogP contribution in [0.5, 0.6) is 5.75 Å². The van der Waals surface area contributed by atoms with E-state index in [-0.39, 0.29) is 17.8 Å². The van der Waals surface area contributed by atoms with E-state index in [0.717, 1.165) is 16.4 Å². The van der Waals surface area contributed by atoms with Gasteiger partial charge in [-0.15, -0.1) is 0 Å². The first kappa shape index (κ1) is 21.3. The molecule has 0 spiro atoms. The first-order valence-electron chi connectivity index (χ1n) is 11.1. The number of rotatable bonds is 5. The maximum Gasteiger partial charge on any atom is 0.241 e. The number of benzene rings is 3. The summed E-state index contributed by atoms with van der Waals surface area (Å²) in [4.78, 5) is 17.2. The molecule has 0 bridgehead atoms. The third-order valence-electron chi connectivity index (χ3n) is 6.39. The van der Waals surface area contributed by atoms with E-state index in [1.165, 1.54) is 6.07 Å². The Bertz CT molecular complexity index is 1310. The zero-order valence-electron chi connectivity index (χ0n) is 18.7. The highest BCUT2D eigenvalue weighted by Gasteiger charge is 2.27. The van der Waals surface area contributed by atoms with Crippen molar-refractivity contribution in [1.29, 1.82) is 0 Å². The lowest BCUT2D eigenvalue weighted by atomic mass is 10.1. The van der Waals surface area contributed by atoms with Crippen LogP contribution in [0, 0.1) is 5.82 Å². The number of hydrogen-bond donors (Lipinski definition) is 1. The van der Waals surface area contributed by atoms with Crippen LogP contribution in [0.25, 0.3) is 21.9 Å². The summed E-state index contributed by atoms with van der Waals surface area (Å²) in [6, 6.07) is 18.0. The van der Waals surface area contributed by atoms with Gasteiger partial charge in [0.15, 0.2) is 0 Å². The molecule has 0 aliphatic carbocycles. The molecular weight excluding hydrogens is 421 g/mol. The van der Waals surface area contributed by atoms with Crippen LogP contribution in [0.1, 0.15) is 6.92 Å². The lowest BCUT2D eigenvalue weighted by molar-refractivity contribution is -0.120. The number of piperazine rings is 1. The number of anilines is 2. The Kier molecular flexibility index (Phi) is 5.64. The van der Waals surface area contributed by atoms with Crippen LogP contribution in [0.4, 0.5) is 15.8 Å². The van der Waals surface area contributed by atoms with E-state index in [4.69, 9.17) is 9.15 Å². The molecular formula is C26H26FN3O3. The molecule has 170 valence electrons. The van der Waals surface area contributed by atoms with Crippen molar-refractivity contribution < 1.29 is 18.3 Å². The molecule has 1 N–H and O–H groups in total. The van der Waals surface area contributed by atoms with Gasteiger partial charge >= 0.3 is 0 Å². The van der Waals surface area contributed by atoms with Gasteiger partial charge in [0, 0.05) is 43.0 Å². The number of nitrogens with zero attached hydrogens (tertiary/aromatic N) is 2. The predicted octanol–water partition coefficient (Wildman–Crippen LogP) is 4.88. The molecule has 1 aliphatic heterocycles. The second kappa shape index (κ2) is 8.75. The van der Waals surface area contributed by atoms with Gasteiger partial charge in [-0.05, 0) is 31.2 Å². The SMILES string of the molecule is COc1cc2c(cc1NC(=O)[C@@H](C)N1CCN(c3ccccc3F)CC1)oc1ccccc12. The molecule has 2 heterocycles. The second-order valence-corrected chi connectivity index (χ2v) is 8.29. The molecule has 4 aromatic rings. The van der Waals surface area contributed by atoms with Gasteiger partial charge in [0.25, 0.3) is 0 Å². The number of nitrogens with one attached hydrogen (secondary N) is 1. The van der Waals surface area contributed by atoms with Crippen LogP contribution in [0.15, 0.2) is 65.1 Å². The Morgan fingerprint density at radius 3 is 2.48 bits per heavy atom. The Labute approximate surface area is 191 Å². The molecule has 3 aromatic carbocycles. The lowest BCUT2D eigenvalue weighted by Gasteiger charge is -2.38. The summed E-state index contributed by atoms with van der Waals surface area (Å²) in [5.74, 6) is 0.242. The normalized spacial score (nSPS) is 15.7. The third kappa shape index (κ3) is 4.00. The minimum atomic E-state index is -0.344. The summed E-state index contributed by atoms with van der Waals surface area (Å²) < 4.78 is 25.6. The van der Waals surface area contributed by atoms with Gasteiger partial charge in [-0.3, -0.25) is 9.69 Å². The van der Waals surface area contributed by atoms with Gasteiger partial charge in [-0.2, -0.15) is 0 Å². The van der Waals surface area contributed by atoms with Crippen molar-refractivity contribution in [3.63, 3.8) is 0 Å². The minimum Gasteiger partial charge on any atom is -0.495 e. The summed E-state index contributed by atoms with van der Waals surface area (Å²) in [5, 5.41) is 4.95. The van der Waals surface area contributed by atoms with Gasteiger partial charge in [-0.25, -0.2) is 4.39 Å². The molecule has 1 aliphatic rings. The number of carbonyl (C=O) groups is 1. The quantitative estimate of drug-likeness (QED) is 0.472. The number of ether oxygens (including phenoxy) is 1. The minimum absolute atomic E-state index is 0.122. The number of fused-ring (bicyclic) bond motifs is 3. The van der Waals surface area contributed by atoms with Crippen LogP contribution in [-0.4, -0.2) is 50.1 Å². The molecule has 7 heteroatoms. The Morgan fingerprint density at radius 1 is 1.00 bits per heavy atom. The zero-order valence-corrected chi connectivity index (χ0v) is 18.7. The Hall–Kier alpha value is -3.58. The molecule has 1 amide bonds. The Morgan fingerprint density at radius 2 is 1.73 bits per heavy atom. The van der Waals surface area contributed by atoms with Crippen LogP contribution in [-0.2, 0) is 4.79 Å². The maximum absolute atomic E-state index is 14.1. The molecule has 1 aromatic heterocycles. The largest absolute Gasteiger partial charge is 0.495 e. The fourth-order valence-corrected chi connectivity index (χ4v) is 4.48. The topological polar surface area (TPSA) is 58.0 Å². The van der Waals surface area contributed by atoms with E-state index in [2.05, 4.69) is 10.2 Å². The van der Waals surface area contributed by atoms with Crippen molar-refractivity contribution in [2.45, 2.75) is 13.0 Å². The van der Waals surface area contributed by atoms with Crippen LogP contribution in [0.2, 0.25) is 0 Å². The molecule has 0 unspecified atom stereocenters. The Balaban J connectivity index is 1.30. The molecule has 0 saturated carbocycles. The molecule has 1 atom stereocenters. The van der Waals surface area contributed by atoms with E-state index in [9.17, 15) is 9.18 Å². The number of amides is 1. The van der Waals surface area contributed by atoms with E-state index < -0.39 is 0 Å². The molecule has 1 saturated heterocycles. The molecule has 0 radical (unpaired) electrons. The summed E-state index contributed by atoms with van der Waals surface area (Å²) in [7, 11) is 1.59. The third-order valence-corrected chi connectivity index (χ3v) is 6.39. The van der Waals surface area contributed by atoms with Crippen LogP contribution < -0.4 is 15.0 Å². The van der Waals surface area contributed by atoms with Crippen molar-refractivity contribution in [3.8, 4) is 5.75 Å². The molecule has 6 nitrogen and oxygen atoms in total. The molecule has 1 fully saturated rings. The number of furan rings is 1. The lowest BCUT2D eigenvalue weighted by Crippen LogP contribution is -2.53. The van der Waals surface area contributed by atoms with Crippen molar-refractivity contribution in [3.05, 3.63) is 66.5 Å². The van der Waals surface area contributed by atoms with Gasteiger partial charge in [0.2, 0.25) is 5.91 Å². The predicted molar refractivity (Wildman–Crippen MR) is 129 cm³/mol. The number of carbonyl (C=O) groups excluding carboxylic acids is 1. The monoisotopic (exact) mass is 447 g/mol. The van der Waals surface area contributed by atoms with Crippen LogP contribution in [0.3, 0.4) is 0 Å². The summed E-state index contributed by atoms with van der Waals surface area (Å²) in [5.41, 5.74) is 2.67. The molecule has 33 heavy (non-hydrogen) atoms. The fraction of sp³-hybridized carbons (Fsp3) is 0.269. The fourth-order valence-electron chi connectivity index (χ4n) is 4.48. The van der Waals surface area contributed by atoms with E-state index in [1.807, 2.05) is 54.3 Å². The standard InChI is InChI=1S/C26H26FN3O3/c1-17(29-11-13-30(14-12-29)22-9-5-4-8-20(22)27)26(31)28-21-16-24-19(15-25(21)32-2)18-7-3-6-10-23(18)33-24/h3-10,15-17H,11-14H2,1-2H3,(H,28,31)/t17-/m1/s1. The summed E-state index contributed by atoms with van der Waals surface area (Å²) >= 11 is 0. The highest BCUT2D eigenvalue weighted by atomic mass is 19.1. The summed E-state index contributed by atoms with van der Waals surface area (Å²) in [6.45, 7) is 4.55. The first-order valence-corrected chi connectivity index (χ1v) is 11.1. The average molecular weight is 448 g/mol. The first-order chi connectivity index (χ1) is 16.0. The van der Waals surface area contributed by atoms with Gasteiger partial charge in [0.05, 0.1) is 24.5 Å². The highest BCUT2D eigenvalue weighted by Crippen LogP contribution is 2.36. The number of halogens is 1. The van der Waals surface area contributed by atoms with Gasteiger partial charge in [0.1, 0.15) is 22.7 Å². The van der Waals surface area contributed by atoms with Crippen molar-refractivity contribution in [2.75, 3.05) is 43.5 Å². The second-order valence-electron chi connectivity index (χ2n) is 8.29. The highest BCUT2D eigenvalue weighted by molar-refractivity contribution is 6.08. The van der Waals surface area contributed by atoms with Crippen molar-refractivity contribution in [1.82, 2.24) is 4.90 Å². The van der Waals surface area contributed by atoms with E-state index in [0.29, 0.717) is 48.9 Å².